The molecule has 1 fully saturated rings. The van der Waals surface area contributed by atoms with E-state index < -0.39 is 23.9 Å². The van der Waals surface area contributed by atoms with Gasteiger partial charge in [0.05, 0.1) is 7.11 Å². The van der Waals surface area contributed by atoms with Crippen molar-refractivity contribution < 1.29 is 24.2 Å². The lowest BCUT2D eigenvalue weighted by atomic mass is 10.1. The third kappa shape index (κ3) is 1.61. The number of rotatable bonds is 1. The van der Waals surface area contributed by atoms with E-state index in [1.165, 1.54) is 0 Å². The molecular formula is C7H9NO5. The number of hydrogen-bond donors (Lipinski definition) is 1. The summed E-state index contributed by atoms with van der Waals surface area (Å²) in [5.41, 5.74) is 0. The van der Waals surface area contributed by atoms with Gasteiger partial charge in [-0.05, 0) is 6.42 Å². The second-order valence-corrected chi connectivity index (χ2v) is 2.64. The molecule has 0 aromatic heterocycles. The number of carbonyl (C=O) groups is 3. The molecule has 1 aliphatic heterocycles. The van der Waals surface area contributed by atoms with E-state index in [-0.39, 0.29) is 13.0 Å². The van der Waals surface area contributed by atoms with Gasteiger partial charge < -0.3 is 9.84 Å². The van der Waals surface area contributed by atoms with Crippen LogP contribution >= 0.6 is 0 Å². The second-order valence-electron chi connectivity index (χ2n) is 2.64. The average molecular weight is 187 g/mol. The largest absolute Gasteiger partial charge is 0.481 e. The molecule has 1 unspecified atom stereocenters. The van der Waals surface area contributed by atoms with E-state index in [4.69, 9.17) is 5.11 Å². The summed E-state index contributed by atoms with van der Waals surface area (Å²) in [4.78, 5) is 33.3. The lowest BCUT2D eigenvalue weighted by Gasteiger charge is -2.11. The van der Waals surface area contributed by atoms with Gasteiger partial charge in [-0.1, -0.05) is 0 Å². The number of methoxy groups -OCH3 is 1. The van der Waals surface area contributed by atoms with Gasteiger partial charge >= 0.3 is 12.1 Å². The Labute approximate surface area is 74.1 Å². The molecule has 1 aliphatic rings. The molecule has 1 heterocycles. The molecule has 1 N–H and O–H groups in total. The minimum atomic E-state index is -1.20. The zero-order valence-corrected chi connectivity index (χ0v) is 7.02. The van der Waals surface area contributed by atoms with Crippen LogP contribution in [0.25, 0.3) is 0 Å². The Morgan fingerprint density at radius 2 is 2.23 bits per heavy atom. The highest BCUT2D eigenvalue weighted by molar-refractivity contribution is 6.04. The van der Waals surface area contributed by atoms with E-state index in [9.17, 15) is 14.4 Å². The Kier molecular flexibility index (Phi) is 2.50. The number of carboxylic acid groups (broad SMARTS) is 1. The fourth-order valence-electron chi connectivity index (χ4n) is 1.20. The Balaban J connectivity index is 2.71. The first kappa shape index (κ1) is 9.50. The highest BCUT2D eigenvalue weighted by Gasteiger charge is 2.40. The molecule has 0 bridgehead atoms. The van der Waals surface area contributed by atoms with Crippen LogP contribution in [-0.4, -0.2) is 41.6 Å². The lowest BCUT2D eigenvalue weighted by Crippen LogP contribution is -2.35. The van der Waals surface area contributed by atoms with Crippen LogP contribution in [0.3, 0.4) is 0 Å². The Hall–Kier alpha value is -1.59. The lowest BCUT2D eigenvalue weighted by molar-refractivity contribution is -0.146. The normalized spacial score (nSPS) is 21.8. The molecule has 1 atom stereocenters. The van der Waals surface area contributed by atoms with Crippen molar-refractivity contribution in [2.75, 3.05) is 13.7 Å². The van der Waals surface area contributed by atoms with Crippen LogP contribution in [0.15, 0.2) is 0 Å². The molecule has 1 rings (SSSR count). The van der Waals surface area contributed by atoms with Gasteiger partial charge in [0, 0.05) is 6.54 Å². The van der Waals surface area contributed by atoms with Gasteiger partial charge in [-0.25, -0.2) is 9.69 Å². The van der Waals surface area contributed by atoms with Gasteiger partial charge in [0.2, 0.25) is 5.91 Å². The Morgan fingerprint density at radius 1 is 1.62 bits per heavy atom. The summed E-state index contributed by atoms with van der Waals surface area (Å²) in [6.07, 6.45) is -0.641. The van der Waals surface area contributed by atoms with E-state index in [0.29, 0.717) is 0 Å². The van der Waals surface area contributed by atoms with Crippen molar-refractivity contribution in [2.45, 2.75) is 6.42 Å². The Bertz CT molecular complexity index is 262. The van der Waals surface area contributed by atoms with E-state index in [0.717, 1.165) is 12.0 Å². The van der Waals surface area contributed by atoms with Crippen molar-refractivity contribution in [3.63, 3.8) is 0 Å². The van der Waals surface area contributed by atoms with Crippen LogP contribution in [0.2, 0.25) is 0 Å². The molecule has 6 heteroatoms. The molecular weight excluding hydrogens is 178 g/mol. The molecule has 13 heavy (non-hydrogen) atoms. The van der Waals surface area contributed by atoms with Gasteiger partial charge in [0.1, 0.15) is 5.92 Å². The quantitative estimate of drug-likeness (QED) is 0.569. The number of carboxylic acids is 1. The van der Waals surface area contributed by atoms with E-state index in [2.05, 4.69) is 4.74 Å². The standard InChI is InChI=1S/C7H9NO5/c1-13-7(12)8-3-2-4(5(8)9)6(10)11/h4H,2-3H2,1H3,(H,10,11). The topological polar surface area (TPSA) is 83.9 Å². The summed E-state index contributed by atoms with van der Waals surface area (Å²) in [5.74, 6) is -2.99. The van der Waals surface area contributed by atoms with Gasteiger partial charge in [-0.15, -0.1) is 0 Å². The molecule has 1 saturated heterocycles. The first-order chi connectivity index (χ1) is 6.07. The van der Waals surface area contributed by atoms with Gasteiger partial charge in [-0.2, -0.15) is 0 Å². The SMILES string of the molecule is COC(=O)N1CCC(C(=O)O)C1=O. The maximum atomic E-state index is 11.2. The summed E-state index contributed by atoms with van der Waals surface area (Å²) in [6.45, 7) is 0.114. The predicted octanol–water partition coefficient (Wildman–Crippen LogP) is -0.314. The molecule has 0 spiro atoms. The minimum absolute atomic E-state index is 0.114. The zero-order chi connectivity index (χ0) is 10.0. The first-order valence-electron chi connectivity index (χ1n) is 3.70. The highest BCUT2D eigenvalue weighted by atomic mass is 16.5. The number of nitrogens with zero attached hydrogens (tertiary/aromatic N) is 1. The third-order valence-electron chi connectivity index (χ3n) is 1.90. The maximum absolute atomic E-state index is 11.2. The zero-order valence-electron chi connectivity index (χ0n) is 7.02. The predicted molar refractivity (Wildman–Crippen MR) is 39.9 cm³/mol. The molecule has 6 nitrogen and oxygen atoms in total. The summed E-state index contributed by atoms with van der Waals surface area (Å²) in [5, 5.41) is 8.56. The van der Waals surface area contributed by atoms with Gasteiger partial charge in [0.15, 0.2) is 0 Å². The van der Waals surface area contributed by atoms with Crippen LogP contribution in [0, 0.1) is 5.92 Å². The monoisotopic (exact) mass is 187 g/mol. The van der Waals surface area contributed by atoms with Crippen LogP contribution in [0.5, 0.6) is 0 Å². The summed E-state index contributed by atoms with van der Waals surface area (Å²) in [6, 6.07) is 0. The number of amides is 2. The van der Waals surface area contributed by atoms with Crippen molar-refractivity contribution in [1.82, 2.24) is 4.90 Å². The van der Waals surface area contributed by atoms with Crippen molar-refractivity contribution >= 4 is 18.0 Å². The maximum Gasteiger partial charge on any atom is 0.416 e. The molecule has 0 aromatic rings. The molecule has 0 aromatic carbocycles. The second kappa shape index (κ2) is 3.42. The number of ether oxygens (including phenoxy) is 1. The van der Waals surface area contributed by atoms with Crippen molar-refractivity contribution in [3.05, 3.63) is 0 Å². The average Bonchev–Trinajstić information content (AvgIpc) is 2.46. The molecule has 0 aliphatic carbocycles. The van der Waals surface area contributed by atoms with Gasteiger partial charge in [0.25, 0.3) is 0 Å². The summed E-state index contributed by atoms with van der Waals surface area (Å²) >= 11 is 0. The number of hydrogen-bond acceptors (Lipinski definition) is 4. The molecule has 0 radical (unpaired) electrons. The fraction of sp³-hybridized carbons (Fsp3) is 0.571. The number of aliphatic carboxylic acids is 1. The van der Waals surface area contributed by atoms with Crippen LogP contribution in [0.4, 0.5) is 4.79 Å². The highest BCUT2D eigenvalue weighted by Crippen LogP contribution is 2.18. The van der Waals surface area contributed by atoms with E-state index in [1.807, 2.05) is 0 Å². The van der Waals surface area contributed by atoms with Crippen LogP contribution < -0.4 is 0 Å². The van der Waals surface area contributed by atoms with E-state index >= 15 is 0 Å². The van der Waals surface area contributed by atoms with Crippen LogP contribution in [-0.2, 0) is 14.3 Å². The summed E-state index contributed by atoms with van der Waals surface area (Å²) < 4.78 is 4.31. The minimum Gasteiger partial charge on any atom is -0.481 e. The number of likely N-dealkylation sites (tertiary alicyclic amines) is 1. The van der Waals surface area contributed by atoms with E-state index in [1.54, 1.807) is 0 Å². The molecule has 72 valence electrons. The first-order valence-corrected chi connectivity index (χ1v) is 3.70. The van der Waals surface area contributed by atoms with Crippen LogP contribution in [0.1, 0.15) is 6.42 Å². The smallest absolute Gasteiger partial charge is 0.416 e. The van der Waals surface area contributed by atoms with Crippen molar-refractivity contribution in [2.24, 2.45) is 5.92 Å². The number of carbonyl (C=O) groups excluding carboxylic acids is 2. The third-order valence-corrected chi connectivity index (χ3v) is 1.90. The van der Waals surface area contributed by atoms with Gasteiger partial charge in [-0.3, -0.25) is 9.59 Å². The fourth-order valence-corrected chi connectivity index (χ4v) is 1.20. The summed E-state index contributed by atoms with van der Waals surface area (Å²) in [7, 11) is 1.14. The Morgan fingerprint density at radius 3 is 2.62 bits per heavy atom. The van der Waals surface area contributed by atoms with Crippen molar-refractivity contribution in [1.29, 1.82) is 0 Å². The van der Waals surface area contributed by atoms with Crippen molar-refractivity contribution in [3.8, 4) is 0 Å². The number of imide groups is 1. The molecule has 0 saturated carbocycles. The molecule has 2 amide bonds.